The molecule has 0 radical (unpaired) electrons. The monoisotopic (exact) mass is 250 g/mol. The normalized spacial score (nSPS) is 14.3. The number of hydrogen-bond donors (Lipinski definition) is 3. The molecule has 2 atom stereocenters. The summed E-state index contributed by atoms with van der Waals surface area (Å²) < 4.78 is 0. The molecule has 4 nitrogen and oxygen atoms in total. The molecule has 0 fully saturated rings. The molecule has 0 spiro atoms. The molecule has 100 valence electrons. The lowest BCUT2D eigenvalue weighted by Crippen LogP contribution is -2.45. The highest BCUT2D eigenvalue weighted by Gasteiger charge is 2.20. The molecule has 1 amide bonds. The zero-order chi connectivity index (χ0) is 13.7. The molecule has 0 saturated heterocycles. The van der Waals surface area contributed by atoms with Crippen LogP contribution in [0, 0.1) is 12.8 Å². The molecule has 0 aliphatic rings. The first-order valence-electron chi connectivity index (χ1n) is 6.19. The van der Waals surface area contributed by atoms with E-state index in [0.29, 0.717) is 0 Å². The number of aryl methyl sites for hydroxylation is 1. The van der Waals surface area contributed by atoms with Crippen LogP contribution in [0.25, 0.3) is 0 Å². The Morgan fingerprint density at radius 2 is 1.89 bits per heavy atom. The van der Waals surface area contributed by atoms with E-state index in [0.717, 1.165) is 11.1 Å². The van der Waals surface area contributed by atoms with Crippen LogP contribution in [0.15, 0.2) is 24.3 Å². The molecule has 4 heteroatoms. The summed E-state index contributed by atoms with van der Waals surface area (Å²) >= 11 is 0. The third-order valence-electron chi connectivity index (χ3n) is 3.05. The summed E-state index contributed by atoms with van der Waals surface area (Å²) in [5.41, 5.74) is 7.80. The van der Waals surface area contributed by atoms with Crippen molar-refractivity contribution >= 4 is 5.91 Å². The SMILES string of the molecule is Cc1ccc(C(N)C(=O)N[C@H](CO)C(C)C)cc1. The minimum Gasteiger partial charge on any atom is -0.394 e. The van der Waals surface area contributed by atoms with Gasteiger partial charge < -0.3 is 16.2 Å². The van der Waals surface area contributed by atoms with Crippen LogP contribution in [0.3, 0.4) is 0 Å². The van der Waals surface area contributed by atoms with Gasteiger partial charge in [-0.05, 0) is 18.4 Å². The highest BCUT2D eigenvalue weighted by Crippen LogP contribution is 2.12. The second-order valence-corrected chi connectivity index (χ2v) is 4.93. The second-order valence-electron chi connectivity index (χ2n) is 4.93. The molecule has 1 rings (SSSR count). The lowest BCUT2D eigenvalue weighted by molar-refractivity contribution is -0.123. The first-order chi connectivity index (χ1) is 8.45. The van der Waals surface area contributed by atoms with Crippen molar-refractivity contribution in [2.45, 2.75) is 32.9 Å². The Balaban J connectivity index is 2.69. The van der Waals surface area contributed by atoms with Crippen LogP contribution in [-0.4, -0.2) is 23.7 Å². The maximum Gasteiger partial charge on any atom is 0.241 e. The molecule has 0 aliphatic heterocycles. The molecule has 1 aromatic carbocycles. The van der Waals surface area contributed by atoms with Crippen molar-refractivity contribution in [3.63, 3.8) is 0 Å². The molecule has 18 heavy (non-hydrogen) atoms. The molecule has 0 heterocycles. The number of aliphatic hydroxyl groups is 1. The summed E-state index contributed by atoms with van der Waals surface area (Å²) in [6.45, 7) is 5.79. The molecule has 0 aromatic heterocycles. The maximum atomic E-state index is 12.0. The van der Waals surface area contributed by atoms with E-state index in [2.05, 4.69) is 5.32 Å². The summed E-state index contributed by atoms with van der Waals surface area (Å²) in [7, 11) is 0. The van der Waals surface area contributed by atoms with E-state index in [9.17, 15) is 9.90 Å². The highest BCUT2D eigenvalue weighted by molar-refractivity contribution is 5.83. The number of rotatable bonds is 5. The third kappa shape index (κ3) is 3.82. The van der Waals surface area contributed by atoms with Crippen molar-refractivity contribution in [1.82, 2.24) is 5.32 Å². The average Bonchev–Trinajstić information content (AvgIpc) is 2.35. The number of hydrogen-bond acceptors (Lipinski definition) is 3. The fraction of sp³-hybridized carbons (Fsp3) is 0.500. The molecular weight excluding hydrogens is 228 g/mol. The van der Waals surface area contributed by atoms with Gasteiger partial charge in [-0.2, -0.15) is 0 Å². The number of carbonyl (C=O) groups excluding carboxylic acids is 1. The van der Waals surface area contributed by atoms with Crippen molar-refractivity contribution in [3.8, 4) is 0 Å². The number of aliphatic hydroxyl groups excluding tert-OH is 1. The Labute approximate surface area is 108 Å². The zero-order valence-corrected chi connectivity index (χ0v) is 11.2. The van der Waals surface area contributed by atoms with Gasteiger partial charge in [-0.1, -0.05) is 43.7 Å². The summed E-state index contributed by atoms with van der Waals surface area (Å²) in [6.07, 6.45) is 0. The fourth-order valence-electron chi connectivity index (χ4n) is 1.62. The minimum absolute atomic E-state index is 0.0793. The number of carbonyl (C=O) groups is 1. The van der Waals surface area contributed by atoms with Gasteiger partial charge in [-0.25, -0.2) is 0 Å². The van der Waals surface area contributed by atoms with Crippen LogP contribution >= 0.6 is 0 Å². The van der Waals surface area contributed by atoms with Crippen molar-refractivity contribution in [2.75, 3.05) is 6.61 Å². The molecular formula is C14H22N2O2. The van der Waals surface area contributed by atoms with Crippen molar-refractivity contribution < 1.29 is 9.90 Å². The van der Waals surface area contributed by atoms with Crippen LogP contribution in [0.1, 0.15) is 31.0 Å². The van der Waals surface area contributed by atoms with Crippen LogP contribution in [0.2, 0.25) is 0 Å². The van der Waals surface area contributed by atoms with Gasteiger partial charge in [0.15, 0.2) is 0 Å². The summed E-state index contributed by atoms with van der Waals surface area (Å²) in [4.78, 5) is 12.0. The highest BCUT2D eigenvalue weighted by atomic mass is 16.3. The quantitative estimate of drug-likeness (QED) is 0.733. The van der Waals surface area contributed by atoms with Gasteiger partial charge in [0.2, 0.25) is 5.91 Å². The summed E-state index contributed by atoms with van der Waals surface area (Å²) in [6, 6.07) is 6.60. The molecule has 0 bridgehead atoms. The van der Waals surface area contributed by atoms with Gasteiger partial charge in [-0.3, -0.25) is 4.79 Å². The van der Waals surface area contributed by atoms with Crippen molar-refractivity contribution in [3.05, 3.63) is 35.4 Å². The molecule has 1 aromatic rings. The van der Waals surface area contributed by atoms with Gasteiger partial charge in [0.1, 0.15) is 6.04 Å². The number of nitrogens with one attached hydrogen (secondary N) is 1. The number of nitrogens with two attached hydrogens (primary N) is 1. The topological polar surface area (TPSA) is 75.4 Å². The Hall–Kier alpha value is -1.39. The van der Waals surface area contributed by atoms with Crippen LogP contribution in [0.5, 0.6) is 0 Å². The van der Waals surface area contributed by atoms with Gasteiger partial charge in [-0.15, -0.1) is 0 Å². The number of amides is 1. The predicted octanol–water partition coefficient (Wildman–Crippen LogP) is 1.13. The predicted molar refractivity (Wildman–Crippen MR) is 72.0 cm³/mol. The molecule has 0 aliphatic carbocycles. The molecule has 0 saturated carbocycles. The minimum atomic E-state index is -0.696. The Kier molecular flexibility index (Phi) is 5.31. The van der Waals surface area contributed by atoms with E-state index in [4.69, 9.17) is 5.73 Å². The van der Waals surface area contributed by atoms with Crippen LogP contribution in [0.4, 0.5) is 0 Å². The Bertz CT molecular complexity index is 387. The smallest absolute Gasteiger partial charge is 0.241 e. The molecule has 1 unspecified atom stereocenters. The largest absolute Gasteiger partial charge is 0.394 e. The first-order valence-corrected chi connectivity index (χ1v) is 6.19. The van der Waals surface area contributed by atoms with E-state index in [1.807, 2.05) is 45.0 Å². The zero-order valence-electron chi connectivity index (χ0n) is 11.2. The summed E-state index contributed by atoms with van der Waals surface area (Å²) in [5, 5.41) is 11.9. The average molecular weight is 250 g/mol. The number of benzene rings is 1. The Morgan fingerprint density at radius 3 is 2.33 bits per heavy atom. The molecule has 4 N–H and O–H groups in total. The van der Waals surface area contributed by atoms with Crippen molar-refractivity contribution in [1.29, 1.82) is 0 Å². The standard InChI is InChI=1S/C14H22N2O2/c1-9(2)12(8-17)16-14(18)13(15)11-6-4-10(3)5-7-11/h4-7,9,12-13,17H,8,15H2,1-3H3,(H,16,18)/t12-,13?/m1/s1. The van der Waals surface area contributed by atoms with E-state index in [-0.39, 0.29) is 24.5 Å². The van der Waals surface area contributed by atoms with Crippen LogP contribution in [-0.2, 0) is 4.79 Å². The first kappa shape index (κ1) is 14.7. The second kappa shape index (κ2) is 6.52. The maximum absolute atomic E-state index is 12.0. The third-order valence-corrected chi connectivity index (χ3v) is 3.05. The van der Waals surface area contributed by atoms with Gasteiger partial charge >= 0.3 is 0 Å². The lowest BCUT2D eigenvalue weighted by atomic mass is 10.0. The fourth-order valence-corrected chi connectivity index (χ4v) is 1.62. The van der Waals surface area contributed by atoms with E-state index < -0.39 is 6.04 Å². The lowest BCUT2D eigenvalue weighted by Gasteiger charge is -2.22. The van der Waals surface area contributed by atoms with E-state index >= 15 is 0 Å². The van der Waals surface area contributed by atoms with E-state index in [1.54, 1.807) is 0 Å². The van der Waals surface area contributed by atoms with Crippen LogP contribution < -0.4 is 11.1 Å². The summed E-state index contributed by atoms with van der Waals surface area (Å²) in [5.74, 6) is -0.0872. The Morgan fingerprint density at radius 1 is 1.33 bits per heavy atom. The van der Waals surface area contributed by atoms with Crippen molar-refractivity contribution in [2.24, 2.45) is 11.7 Å². The van der Waals surface area contributed by atoms with Gasteiger partial charge in [0.25, 0.3) is 0 Å². The van der Waals surface area contributed by atoms with Gasteiger partial charge in [0.05, 0.1) is 12.6 Å². The van der Waals surface area contributed by atoms with Gasteiger partial charge in [0, 0.05) is 0 Å². The van der Waals surface area contributed by atoms with E-state index in [1.165, 1.54) is 0 Å².